The third kappa shape index (κ3) is 3.75. The summed E-state index contributed by atoms with van der Waals surface area (Å²) in [5, 5.41) is 21.0. The van der Waals surface area contributed by atoms with Crippen LogP contribution in [-0.4, -0.2) is 21.4 Å². The molecule has 0 aromatic heterocycles. The number of fused-ring (bicyclic) bond motifs is 5. The van der Waals surface area contributed by atoms with Crippen molar-refractivity contribution >= 4 is 0 Å². The predicted octanol–water partition coefficient (Wildman–Crippen LogP) is 6.50. The summed E-state index contributed by atoms with van der Waals surface area (Å²) in [4.78, 5) is 0. The van der Waals surface area contributed by atoms with E-state index in [0.29, 0.717) is 10.8 Å². The molecule has 9 atom stereocenters. The van der Waals surface area contributed by atoms with Gasteiger partial charge in [-0.05, 0) is 131 Å². The van der Waals surface area contributed by atoms with Gasteiger partial charge in [-0.1, -0.05) is 19.9 Å². The molecule has 4 aliphatic carbocycles. The lowest BCUT2D eigenvalue weighted by molar-refractivity contribution is -0.146. The molecule has 0 unspecified atom stereocenters. The summed E-state index contributed by atoms with van der Waals surface area (Å²) < 4.78 is 0. The first-order valence-electron chi connectivity index (χ1n) is 12.6. The molecule has 29 heavy (non-hydrogen) atoms. The zero-order valence-electron chi connectivity index (χ0n) is 19.6. The molecule has 4 saturated carbocycles. The van der Waals surface area contributed by atoms with Crippen LogP contribution in [0, 0.1) is 40.4 Å². The number of aliphatic hydroxyl groups is 2. The largest absolute Gasteiger partial charge is 0.390 e. The van der Waals surface area contributed by atoms with Gasteiger partial charge >= 0.3 is 0 Å². The van der Waals surface area contributed by atoms with Crippen molar-refractivity contribution in [3.05, 3.63) is 12.7 Å². The SMILES string of the molecule is C=C[C@@](C)(O)CCC[C@H]1CC[C@H]2[C@@H]3CC[C@H]4C[C@@](C)(O)CC[C@]4(C)[C@H]3CC[C@]12C. The van der Waals surface area contributed by atoms with Gasteiger partial charge in [0.05, 0.1) is 11.2 Å². The van der Waals surface area contributed by atoms with Crippen LogP contribution in [0.3, 0.4) is 0 Å². The number of rotatable bonds is 5. The van der Waals surface area contributed by atoms with Gasteiger partial charge in [0.2, 0.25) is 0 Å². The minimum atomic E-state index is -0.703. The van der Waals surface area contributed by atoms with Gasteiger partial charge in [-0.15, -0.1) is 6.58 Å². The fourth-order valence-corrected chi connectivity index (χ4v) is 8.82. The van der Waals surface area contributed by atoms with Crippen LogP contribution in [0.25, 0.3) is 0 Å². The van der Waals surface area contributed by atoms with Gasteiger partial charge in [0.15, 0.2) is 0 Å². The van der Waals surface area contributed by atoms with Gasteiger partial charge in [0.1, 0.15) is 0 Å². The molecule has 2 N–H and O–H groups in total. The molecule has 0 amide bonds. The Morgan fingerprint density at radius 1 is 0.966 bits per heavy atom. The zero-order valence-corrected chi connectivity index (χ0v) is 19.6. The Labute approximate surface area is 179 Å². The molecule has 2 heteroatoms. The van der Waals surface area contributed by atoms with Gasteiger partial charge in [0.25, 0.3) is 0 Å². The van der Waals surface area contributed by atoms with Crippen molar-refractivity contribution in [2.24, 2.45) is 40.4 Å². The molecule has 0 heterocycles. The summed E-state index contributed by atoms with van der Waals surface area (Å²) in [6, 6.07) is 0. The van der Waals surface area contributed by atoms with Crippen LogP contribution in [0.4, 0.5) is 0 Å². The quantitative estimate of drug-likeness (QED) is 0.515. The summed E-state index contributed by atoms with van der Waals surface area (Å²) in [6.45, 7) is 13.0. The monoisotopic (exact) mass is 402 g/mol. The lowest BCUT2D eigenvalue weighted by Crippen LogP contribution is -2.55. The molecule has 0 radical (unpaired) electrons. The summed E-state index contributed by atoms with van der Waals surface area (Å²) in [5.41, 5.74) is -0.144. The molecule has 0 aromatic rings. The highest BCUT2D eigenvalue weighted by Crippen LogP contribution is 2.68. The highest BCUT2D eigenvalue weighted by atomic mass is 16.3. The van der Waals surface area contributed by atoms with Crippen molar-refractivity contribution in [1.82, 2.24) is 0 Å². The van der Waals surface area contributed by atoms with Crippen LogP contribution >= 0.6 is 0 Å². The molecule has 0 spiro atoms. The van der Waals surface area contributed by atoms with Crippen LogP contribution in [0.5, 0.6) is 0 Å². The maximum absolute atomic E-state index is 10.7. The lowest BCUT2D eigenvalue weighted by atomic mass is 9.44. The first kappa shape index (κ1) is 21.9. The number of hydrogen-bond donors (Lipinski definition) is 2. The van der Waals surface area contributed by atoms with E-state index in [9.17, 15) is 10.2 Å². The fraction of sp³-hybridized carbons (Fsp3) is 0.926. The molecule has 166 valence electrons. The summed E-state index contributed by atoms with van der Waals surface area (Å²) in [6.07, 6.45) is 16.6. The van der Waals surface area contributed by atoms with Gasteiger partial charge in [0, 0.05) is 0 Å². The Kier molecular flexibility index (Phi) is 5.56. The average molecular weight is 403 g/mol. The fourth-order valence-electron chi connectivity index (χ4n) is 8.82. The Balaban J connectivity index is 1.45. The molecular formula is C27H46O2. The van der Waals surface area contributed by atoms with E-state index in [-0.39, 0.29) is 0 Å². The topological polar surface area (TPSA) is 40.5 Å². The minimum Gasteiger partial charge on any atom is -0.390 e. The number of hydrogen-bond acceptors (Lipinski definition) is 2. The maximum atomic E-state index is 10.7. The second-order valence-electron chi connectivity index (χ2n) is 12.6. The van der Waals surface area contributed by atoms with E-state index in [2.05, 4.69) is 27.4 Å². The summed E-state index contributed by atoms with van der Waals surface area (Å²) in [5.74, 6) is 4.28. The Morgan fingerprint density at radius 2 is 1.69 bits per heavy atom. The summed E-state index contributed by atoms with van der Waals surface area (Å²) >= 11 is 0. The van der Waals surface area contributed by atoms with E-state index in [1.807, 2.05) is 6.92 Å². The molecule has 4 fully saturated rings. The second kappa shape index (κ2) is 7.37. The standard InChI is InChI=1S/C27H46O2/c1-6-24(2,28)14-7-8-19-10-12-22-21-11-9-20-18-25(3,29)16-17-27(20,5)23(21)13-15-26(19,22)4/h6,19-23,28-29H,1,7-18H2,2-5H3/t19-,20-,21-,22-,23-,24+,25-,26+,27-/m0/s1. The van der Waals surface area contributed by atoms with Crippen LogP contribution in [0.2, 0.25) is 0 Å². The van der Waals surface area contributed by atoms with E-state index in [4.69, 9.17) is 0 Å². The van der Waals surface area contributed by atoms with E-state index < -0.39 is 11.2 Å². The normalized spacial score (nSPS) is 51.4. The zero-order chi connectivity index (χ0) is 21.1. The third-order valence-corrected chi connectivity index (χ3v) is 10.8. The van der Waals surface area contributed by atoms with Crippen molar-refractivity contribution in [2.75, 3.05) is 0 Å². The molecule has 0 saturated heterocycles. The Hall–Kier alpha value is -0.340. The molecule has 0 aromatic carbocycles. The third-order valence-electron chi connectivity index (χ3n) is 10.8. The van der Waals surface area contributed by atoms with Gasteiger partial charge < -0.3 is 10.2 Å². The van der Waals surface area contributed by atoms with E-state index in [1.54, 1.807) is 6.08 Å². The first-order valence-corrected chi connectivity index (χ1v) is 12.6. The summed E-state index contributed by atoms with van der Waals surface area (Å²) in [7, 11) is 0. The van der Waals surface area contributed by atoms with Crippen LogP contribution in [0.15, 0.2) is 12.7 Å². The highest BCUT2D eigenvalue weighted by molar-refractivity contribution is 5.10. The Bertz CT molecular complexity index is 622. The van der Waals surface area contributed by atoms with Crippen LogP contribution in [0.1, 0.15) is 105 Å². The van der Waals surface area contributed by atoms with Crippen molar-refractivity contribution in [3.63, 3.8) is 0 Å². The van der Waals surface area contributed by atoms with E-state index >= 15 is 0 Å². The average Bonchev–Trinajstić information content (AvgIpc) is 2.99. The van der Waals surface area contributed by atoms with Crippen LogP contribution < -0.4 is 0 Å². The smallest absolute Gasteiger partial charge is 0.0797 e. The molecular weight excluding hydrogens is 356 g/mol. The Morgan fingerprint density at radius 3 is 2.41 bits per heavy atom. The second-order valence-corrected chi connectivity index (χ2v) is 12.6. The first-order chi connectivity index (χ1) is 13.5. The minimum absolute atomic E-state index is 0.425. The lowest BCUT2D eigenvalue weighted by Gasteiger charge is -2.62. The van der Waals surface area contributed by atoms with Crippen molar-refractivity contribution < 1.29 is 10.2 Å². The molecule has 0 aliphatic heterocycles. The van der Waals surface area contributed by atoms with Gasteiger partial charge in [-0.25, -0.2) is 0 Å². The van der Waals surface area contributed by atoms with Crippen LogP contribution in [-0.2, 0) is 0 Å². The predicted molar refractivity (Wildman–Crippen MR) is 121 cm³/mol. The highest BCUT2D eigenvalue weighted by Gasteiger charge is 2.60. The van der Waals surface area contributed by atoms with Crippen molar-refractivity contribution in [1.29, 1.82) is 0 Å². The molecule has 4 aliphatic rings. The molecule has 2 nitrogen and oxygen atoms in total. The van der Waals surface area contributed by atoms with Gasteiger partial charge in [-0.3, -0.25) is 0 Å². The van der Waals surface area contributed by atoms with Crippen molar-refractivity contribution in [2.45, 2.75) is 116 Å². The van der Waals surface area contributed by atoms with E-state index in [1.165, 1.54) is 51.4 Å². The molecule has 4 rings (SSSR count). The van der Waals surface area contributed by atoms with Crippen molar-refractivity contribution in [3.8, 4) is 0 Å². The van der Waals surface area contributed by atoms with E-state index in [0.717, 1.165) is 55.3 Å². The van der Waals surface area contributed by atoms with Gasteiger partial charge in [-0.2, -0.15) is 0 Å². The molecule has 0 bridgehead atoms. The maximum Gasteiger partial charge on any atom is 0.0797 e.